The van der Waals surface area contributed by atoms with Gasteiger partial charge in [-0.3, -0.25) is 4.98 Å². The molecular weight excluding hydrogens is 254 g/mol. The average molecular weight is 264 g/mol. The second-order valence-electron chi connectivity index (χ2n) is 3.61. The van der Waals surface area contributed by atoms with Crippen molar-refractivity contribution in [3.05, 3.63) is 52.8 Å². The van der Waals surface area contributed by atoms with Crippen molar-refractivity contribution in [2.45, 2.75) is 13.5 Å². The Morgan fingerprint density at radius 1 is 1.22 bits per heavy atom. The second kappa shape index (κ2) is 5.55. The van der Waals surface area contributed by atoms with Gasteiger partial charge in [-0.2, -0.15) is 0 Å². The molecule has 2 aromatic heterocycles. The number of hydrogen-bond donors (Lipinski definition) is 0. The van der Waals surface area contributed by atoms with Gasteiger partial charge >= 0.3 is 5.97 Å². The Kier molecular flexibility index (Phi) is 3.84. The molecule has 0 aliphatic carbocycles. The van der Waals surface area contributed by atoms with E-state index in [9.17, 15) is 4.79 Å². The van der Waals surface area contributed by atoms with Gasteiger partial charge in [0.25, 0.3) is 0 Å². The van der Waals surface area contributed by atoms with Crippen LogP contribution in [0.15, 0.2) is 30.7 Å². The lowest BCUT2D eigenvalue weighted by molar-refractivity contribution is 0.0465. The summed E-state index contributed by atoms with van der Waals surface area (Å²) < 4.78 is 5.07. The van der Waals surface area contributed by atoms with Gasteiger partial charge in [0.15, 0.2) is 5.69 Å². The van der Waals surface area contributed by atoms with E-state index in [1.54, 1.807) is 25.3 Å². The lowest BCUT2D eigenvalue weighted by atomic mass is 10.3. The molecule has 92 valence electrons. The maximum Gasteiger partial charge on any atom is 0.358 e. The van der Waals surface area contributed by atoms with E-state index in [1.165, 1.54) is 12.4 Å². The standard InChI is InChI=1S/C12H10ClN3O2/c1-8-4-15-10(6-14-8)12(17)18-7-9-2-3-11(13)16-5-9/h2-6H,7H2,1H3. The monoisotopic (exact) mass is 263 g/mol. The number of pyridine rings is 1. The van der Waals surface area contributed by atoms with E-state index in [1.807, 2.05) is 0 Å². The number of halogens is 1. The summed E-state index contributed by atoms with van der Waals surface area (Å²) in [7, 11) is 0. The molecular formula is C12H10ClN3O2. The van der Waals surface area contributed by atoms with Crippen molar-refractivity contribution >= 4 is 17.6 Å². The molecule has 0 radical (unpaired) electrons. The first-order valence-electron chi connectivity index (χ1n) is 5.21. The van der Waals surface area contributed by atoms with Crippen LogP contribution in [-0.4, -0.2) is 20.9 Å². The molecule has 6 heteroatoms. The largest absolute Gasteiger partial charge is 0.456 e. The van der Waals surface area contributed by atoms with Gasteiger partial charge in [0, 0.05) is 18.0 Å². The van der Waals surface area contributed by atoms with E-state index in [2.05, 4.69) is 15.0 Å². The van der Waals surface area contributed by atoms with E-state index in [0.29, 0.717) is 5.15 Å². The number of aryl methyl sites for hydroxylation is 1. The van der Waals surface area contributed by atoms with Crippen LogP contribution in [0.4, 0.5) is 0 Å². The fourth-order valence-electron chi connectivity index (χ4n) is 1.21. The lowest BCUT2D eigenvalue weighted by Crippen LogP contribution is -2.08. The maximum absolute atomic E-state index is 11.6. The van der Waals surface area contributed by atoms with Crippen molar-refractivity contribution < 1.29 is 9.53 Å². The summed E-state index contributed by atoms with van der Waals surface area (Å²) in [6, 6.07) is 3.37. The zero-order valence-electron chi connectivity index (χ0n) is 9.63. The highest BCUT2D eigenvalue weighted by Gasteiger charge is 2.09. The van der Waals surface area contributed by atoms with Crippen LogP contribution in [0.25, 0.3) is 0 Å². The van der Waals surface area contributed by atoms with Gasteiger partial charge in [-0.25, -0.2) is 14.8 Å². The molecule has 0 unspecified atom stereocenters. The molecule has 5 nitrogen and oxygen atoms in total. The number of ether oxygens (including phenoxy) is 1. The SMILES string of the molecule is Cc1cnc(C(=O)OCc2ccc(Cl)nc2)cn1. The molecule has 2 rings (SSSR count). The number of aromatic nitrogens is 3. The first-order chi connectivity index (χ1) is 8.65. The third-order valence-electron chi connectivity index (χ3n) is 2.15. The van der Waals surface area contributed by atoms with Gasteiger partial charge in [0.2, 0.25) is 0 Å². The predicted octanol–water partition coefficient (Wildman–Crippen LogP) is 2.19. The first kappa shape index (κ1) is 12.4. The Balaban J connectivity index is 1.96. The predicted molar refractivity (Wildman–Crippen MR) is 65.1 cm³/mol. The minimum Gasteiger partial charge on any atom is -0.456 e. The highest BCUT2D eigenvalue weighted by Crippen LogP contribution is 2.07. The third-order valence-corrected chi connectivity index (χ3v) is 2.37. The third kappa shape index (κ3) is 3.24. The maximum atomic E-state index is 11.6. The highest BCUT2D eigenvalue weighted by atomic mass is 35.5. The molecule has 0 aliphatic rings. The van der Waals surface area contributed by atoms with Gasteiger partial charge in [0.05, 0.1) is 11.9 Å². The molecule has 18 heavy (non-hydrogen) atoms. The highest BCUT2D eigenvalue weighted by molar-refractivity contribution is 6.29. The molecule has 0 saturated carbocycles. The molecule has 0 N–H and O–H groups in total. The second-order valence-corrected chi connectivity index (χ2v) is 4.00. The smallest absolute Gasteiger partial charge is 0.358 e. The topological polar surface area (TPSA) is 65.0 Å². The van der Waals surface area contributed by atoms with Crippen LogP contribution in [0.1, 0.15) is 21.7 Å². The Hall–Kier alpha value is -2.01. The minimum atomic E-state index is -0.516. The van der Waals surface area contributed by atoms with Gasteiger partial charge in [-0.05, 0) is 13.0 Å². The number of rotatable bonds is 3. The molecule has 0 aliphatic heterocycles. The van der Waals surface area contributed by atoms with E-state index >= 15 is 0 Å². The first-order valence-corrected chi connectivity index (χ1v) is 5.59. The van der Waals surface area contributed by atoms with Crippen LogP contribution in [0.5, 0.6) is 0 Å². The average Bonchev–Trinajstić information content (AvgIpc) is 2.38. The summed E-state index contributed by atoms with van der Waals surface area (Å²) in [5.74, 6) is -0.516. The molecule has 0 spiro atoms. The number of hydrogen-bond acceptors (Lipinski definition) is 5. The Labute approximate surface area is 109 Å². The fraction of sp³-hybridized carbons (Fsp3) is 0.167. The fourth-order valence-corrected chi connectivity index (χ4v) is 1.32. The quantitative estimate of drug-likeness (QED) is 0.627. The summed E-state index contributed by atoms with van der Waals surface area (Å²) in [5, 5.41) is 0.398. The van der Waals surface area contributed by atoms with Crippen LogP contribution in [0, 0.1) is 6.92 Å². The summed E-state index contributed by atoms with van der Waals surface area (Å²) in [6.45, 7) is 1.92. The van der Waals surface area contributed by atoms with Crippen molar-refractivity contribution in [3.63, 3.8) is 0 Å². The Bertz CT molecular complexity index is 540. The van der Waals surface area contributed by atoms with Crippen LogP contribution >= 0.6 is 11.6 Å². The van der Waals surface area contributed by atoms with Crippen molar-refractivity contribution in [1.29, 1.82) is 0 Å². The van der Waals surface area contributed by atoms with Gasteiger partial charge in [0.1, 0.15) is 11.8 Å². The minimum absolute atomic E-state index is 0.124. The van der Waals surface area contributed by atoms with E-state index < -0.39 is 5.97 Å². The summed E-state index contributed by atoms with van der Waals surface area (Å²) in [4.78, 5) is 23.4. The number of nitrogens with zero attached hydrogens (tertiary/aromatic N) is 3. The van der Waals surface area contributed by atoms with Crippen molar-refractivity contribution in [3.8, 4) is 0 Å². The van der Waals surface area contributed by atoms with E-state index in [0.717, 1.165) is 11.3 Å². The molecule has 0 saturated heterocycles. The number of carbonyl (C=O) groups excluding carboxylic acids is 1. The summed E-state index contributed by atoms with van der Waals surface area (Å²) in [5.41, 5.74) is 1.68. The molecule has 0 bridgehead atoms. The molecule has 2 heterocycles. The van der Waals surface area contributed by atoms with E-state index in [4.69, 9.17) is 16.3 Å². The van der Waals surface area contributed by atoms with Crippen molar-refractivity contribution in [1.82, 2.24) is 15.0 Å². The van der Waals surface area contributed by atoms with Gasteiger partial charge in [-0.15, -0.1) is 0 Å². The number of esters is 1. The van der Waals surface area contributed by atoms with Crippen LogP contribution in [-0.2, 0) is 11.3 Å². The summed E-state index contributed by atoms with van der Waals surface area (Å²) >= 11 is 5.65. The Morgan fingerprint density at radius 3 is 2.67 bits per heavy atom. The van der Waals surface area contributed by atoms with Crippen LogP contribution in [0.3, 0.4) is 0 Å². The zero-order valence-corrected chi connectivity index (χ0v) is 10.4. The molecule has 0 aromatic carbocycles. The van der Waals surface area contributed by atoms with Crippen LogP contribution in [0.2, 0.25) is 5.15 Å². The van der Waals surface area contributed by atoms with Gasteiger partial charge < -0.3 is 4.74 Å². The Morgan fingerprint density at radius 2 is 2.06 bits per heavy atom. The molecule has 0 amide bonds. The van der Waals surface area contributed by atoms with Crippen LogP contribution < -0.4 is 0 Å². The van der Waals surface area contributed by atoms with E-state index in [-0.39, 0.29) is 12.3 Å². The lowest BCUT2D eigenvalue weighted by Gasteiger charge is -2.04. The van der Waals surface area contributed by atoms with Gasteiger partial charge in [-0.1, -0.05) is 17.7 Å². The zero-order chi connectivity index (χ0) is 13.0. The summed E-state index contributed by atoms with van der Waals surface area (Å²) in [6.07, 6.45) is 4.45. The van der Waals surface area contributed by atoms with Crippen molar-refractivity contribution in [2.75, 3.05) is 0 Å². The normalized spacial score (nSPS) is 10.1. The molecule has 0 atom stereocenters. The number of carbonyl (C=O) groups is 1. The molecule has 0 fully saturated rings. The van der Waals surface area contributed by atoms with Crippen molar-refractivity contribution in [2.24, 2.45) is 0 Å². The molecule has 2 aromatic rings.